The molecule has 2 aliphatic rings. The highest BCUT2D eigenvalue weighted by Crippen LogP contribution is 2.41. The molecule has 0 saturated heterocycles. The van der Waals surface area contributed by atoms with Gasteiger partial charge in [0.25, 0.3) is 0 Å². The third-order valence-corrected chi connectivity index (χ3v) is 7.01. The molecule has 0 N–H and O–H groups in total. The highest BCUT2D eigenvalue weighted by Gasteiger charge is 2.23. The minimum Gasteiger partial charge on any atom is -0.489 e. The standard InChI is InChI=1S/C32H26O2/c33-32(25-13-17-26(18-14-25)34-21-22-7-2-1-3-8-22)30-12-6-10-24-16-19-28-27-11-5-4-9-23(27)15-20-29(28)31(24)30/h1-3,5-8,10-14,16-19H,4,9,15,20-21H2. The molecule has 2 nitrogen and oxygen atoms in total. The van der Waals surface area contributed by atoms with Gasteiger partial charge in [0.05, 0.1) is 0 Å². The van der Waals surface area contributed by atoms with E-state index in [9.17, 15) is 4.79 Å². The number of ketones is 1. The van der Waals surface area contributed by atoms with Crippen molar-refractivity contribution in [1.82, 2.24) is 0 Å². The maximum absolute atomic E-state index is 13.7. The van der Waals surface area contributed by atoms with Crippen LogP contribution in [0.1, 0.15) is 51.9 Å². The molecule has 0 fully saturated rings. The lowest BCUT2D eigenvalue weighted by molar-refractivity contribution is 0.104. The Labute approximate surface area is 200 Å². The van der Waals surface area contributed by atoms with Crippen LogP contribution in [0.5, 0.6) is 5.75 Å². The summed E-state index contributed by atoms with van der Waals surface area (Å²) in [6.45, 7) is 0.510. The van der Waals surface area contributed by atoms with Gasteiger partial charge < -0.3 is 4.74 Å². The number of carbonyl (C=O) groups excluding carboxylic acids is 1. The van der Waals surface area contributed by atoms with Crippen molar-refractivity contribution >= 4 is 22.1 Å². The van der Waals surface area contributed by atoms with Gasteiger partial charge in [0.15, 0.2) is 5.78 Å². The molecule has 4 aromatic carbocycles. The van der Waals surface area contributed by atoms with E-state index in [2.05, 4.69) is 30.4 Å². The zero-order valence-electron chi connectivity index (χ0n) is 19.1. The first kappa shape index (κ1) is 20.7. The highest BCUT2D eigenvalue weighted by molar-refractivity contribution is 6.17. The fraction of sp³-hybridized carbons (Fsp3) is 0.156. The molecular weight excluding hydrogens is 416 g/mol. The van der Waals surface area contributed by atoms with Crippen LogP contribution in [0, 0.1) is 0 Å². The second kappa shape index (κ2) is 8.79. The van der Waals surface area contributed by atoms with E-state index in [1.807, 2.05) is 66.7 Å². The smallest absolute Gasteiger partial charge is 0.193 e. The van der Waals surface area contributed by atoms with Gasteiger partial charge in [-0.15, -0.1) is 0 Å². The Bertz CT molecular complexity index is 1440. The predicted molar refractivity (Wildman–Crippen MR) is 138 cm³/mol. The molecule has 0 saturated carbocycles. The summed E-state index contributed by atoms with van der Waals surface area (Å²) < 4.78 is 5.90. The Hall–Kier alpha value is -3.91. The number of allylic oxidation sites excluding steroid dienone is 4. The predicted octanol–water partition coefficient (Wildman–Crippen LogP) is 7.70. The minimum absolute atomic E-state index is 0.0626. The van der Waals surface area contributed by atoms with Crippen LogP contribution in [0.4, 0.5) is 0 Å². The molecule has 166 valence electrons. The molecule has 0 amide bonds. The van der Waals surface area contributed by atoms with E-state index in [-0.39, 0.29) is 5.78 Å². The van der Waals surface area contributed by atoms with Crippen molar-refractivity contribution in [1.29, 1.82) is 0 Å². The van der Waals surface area contributed by atoms with Crippen LogP contribution in [-0.4, -0.2) is 5.78 Å². The summed E-state index contributed by atoms with van der Waals surface area (Å²) >= 11 is 0. The van der Waals surface area contributed by atoms with Gasteiger partial charge in [-0.2, -0.15) is 0 Å². The third kappa shape index (κ3) is 3.76. The Morgan fingerprint density at radius 1 is 0.794 bits per heavy atom. The molecule has 0 radical (unpaired) electrons. The summed E-state index contributed by atoms with van der Waals surface area (Å²) in [7, 11) is 0. The number of rotatable bonds is 5. The summed E-state index contributed by atoms with van der Waals surface area (Å²) in [6.07, 6.45) is 8.93. The molecule has 0 aromatic heterocycles. The Morgan fingerprint density at radius 2 is 1.65 bits per heavy atom. The number of hydrogen-bond acceptors (Lipinski definition) is 2. The number of fused-ring (bicyclic) bond motifs is 4. The van der Waals surface area contributed by atoms with Gasteiger partial charge in [-0.05, 0) is 83.0 Å². The normalized spacial score (nSPS) is 14.6. The van der Waals surface area contributed by atoms with Gasteiger partial charge in [0, 0.05) is 11.1 Å². The van der Waals surface area contributed by atoms with Crippen LogP contribution in [-0.2, 0) is 13.0 Å². The summed E-state index contributed by atoms with van der Waals surface area (Å²) in [4.78, 5) is 13.7. The lowest BCUT2D eigenvalue weighted by atomic mass is 9.78. The Balaban J connectivity index is 1.33. The molecule has 0 spiro atoms. The summed E-state index contributed by atoms with van der Waals surface area (Å²) in [6, 6.07) is 28.1. The summed E-state index contributed by atoms with van der Waals surface area (Å²) in [5.41, 5.74) is 8.14. The van der Waals surface area contributed by atoms with Crippen molar-refractivity contribution in [2.75, 3.05) is 0 Å². The number of hydrogen-bond donors (Lipinski definition) is 0. The quantitative estimate of drug-likeness (QED) is 0.296. The van der Waals surface area contributed by atoms with Gasteiger partial charge in [-0.1, -0.05) is 78.4 Å². The fourth-order valence-electron chi connectivity index (χ4n) is 5.28. The van der Waals surface area contributed by atoms with Crippen molar-refractivity contribution in [2.45, 2.75) is 32.3 Å². The van der Waals surface area contributed by atoms with E-state index >= 15 is 0 Å². The molecule has 0 aliphatic heterocycles. The minimum atomic E-state index is 0.0626. The number of ether oxygens (including phenoxy) is 1. The van der Waals surface area contributed by atoms with Gasteiger partial charge in [0.1, 0.15) is 12.4 Å². The molecule has 4 aromatic rings. The highest BCUT2D eigenvalue weighted by atomic mass is 16.5. The van der Waals surface area contributed by atoms with Crippen LogP contribution >= 0.6 is 0 Å². The van der Waals surface area contributed by atoms with E-state index in [4.69, 9.17) is 4.74 Å². The first-order valence-electron chi connectivity index (χ1n) is 12.0. The number of aryl methyl sites for hydroxylation is 1. The van der Waals surface area contributed by atoms with E-state index in [0.29, 0.717) is 12.2 Å². The van der Waals surface area contributed by atoms with Crippen molar-refractivity contribution in [3.63, 3.8) is 0 Å². The Morgan fingerprint density at radius 3 is 2.50 bits per heavy atom. The lowest BCUT2D eigenvalue weighted by Gasteiger charge is -2.26. The van der Waals surface area contributed by atoms with Crippen LogP contribution in [0.2, 0.25) is 0 Å². The zero-order valence-corrected chi connectivity index (χ0v) is 19.1. The van der Waals surface area contributed by atoms with Crippen molar-refractivity contribution in [2.24, 2.45) is 0 Å². The molecular formula is C32H26O2. The third-order valence-electron chi connectivity index (χ3n) is 7.01. The van der Waals surface area contributed by atoms with Crippen LogP contribution in [0.3, 0.4) is 0 Å². The molecule has 34 heavy (non-hydrogen) atoms. The van der Waals surface area contributed by atoms with E-state index in [1.165, 1.54) is 16.7 Å². The second-order valence-corrected chi connectivity index (χ2v) is 9.08. The van der Waals surface area contributed by atoms with Gasteiger partial charge in [0.2, 0.25) is 0 Å². The maximum atomic E-state index is 13.7. The topological polar surface area (TPSA) is 26.3 Å². The second-order valence-electron chi connectivity index (χ2n) is 9.08. The summed E-state index contributed by atoms with van der Waals surface area (Å²) in [5, 5.41) is 2.25. The molecule has 6 rings (SSSR count). The van der Waals surface area contributed by atoms with E-state index in [0.717, 1.165) is 53.3 Å². The van der Waals surface area contributed by atoms with Gasteiger partial charge in [-0.3, -0.25) is 4.79 Å². The SMILES string of the molecule is O=C(c1ccc(OCc2ccccc2)cc1)c1cccc2ccc3c(c12)CCC1=C3C=CCC1. The van der Waals surface area contributed by atoms with Crippen LogP contribution in [0.15, 0.2) is 103 Å². The molecule has 0 unspecified atom stereocenters. The van der Waals surface area contributed by atoms with E-state index < -0.39 is 0 Å². The van der Waals surface area contributed by atoms with Gasteiger partial charge >= 0.3 is 0 Å². The number of benzene rings is 4. The molecule has 2 heteroatoms. The molecule has 0 heterocycles. The zero-order chi connectivity index (χ0) is 22.9. The summed E-state index contributed by atoms with van der Waals surface area (Å²) in [5.74, 6) is 0.826. The van der Waals surface area contributed by atoms with Crippen LogP contribution < -0.4 is 4.74 Å². The largest absolute Gasteiger partial charge is 0.489 e. The monoisotopic (exact) mass is 442 g/mol. The first-order valence-corrected chi connectivity index (χ1v) is 12.0. The van der Waals surface area contributed by atoms with Crippen molar-refractivity contribution in [3.05, 3.63) is 130 Å². The van der Waals surface area contributed by atoms with Crippen molar-refractivity contribution < 1.29 is 9.53 Å². The molecule has 2 aliphatic carbocycles. The maximum Gasteiger partial charge on any atom is 0.193 e. The van der Waals surface area contributed by atoms with E-state index in [1.54, 1.807) is 5.57 Å². The van der Waals surface area contributed by atoms with Crippen LogP contribution in [0.25, 0.3) is 16.3 Å². The average molecular weight is 443 g/mol. The fourth-order valence-corrected chi connectivity index (χ4v) is 5.28. The first-order chi connectivity index (χ1) is 16.8. The number of carbonyl (C=O) groups is 1. The average Bonchev–Trinajstić information content (AvgIpc) is 2.91. The molecule has 0 atom stereocenters. The lowest BCUT2D eigenvalue weighted by Crippen LogP contribution is -2.10. The molecule has 0 bridgehead atoms. The van der Waals surface area contributed by atoms with Gasteiger partial charge in [-0.25, -0.2) is 0 Å². The Kier molecular flexibility index (Phi) is 5.35. The van der Waals surface area contributed by atoms with Crippen molar-refractivity contribution in [3.8, 4) is 5.75 Å².